The fourth-order valence-electron chi connectivity index (χ4n) is 9.71. The van der Waals surface area contributed by atoms with Gasteiger partial charge in [-0.1, -0.05) is 99.6 Å². The second-order valence-corrected chi connectivity index (χ2v) is 20.2. The predicted octanol–water partition coefficient (Wildman–Crippen LogP) is 7.86. The summed E-state index contributed by atoms with van der Waals surface area (Å²) in [5.74, 6) is -1.71. The zero-order valence-electron chi connectivity index (χ0n) is 47.3. The Balaban J connectivity index is 0.00000785. The number of nitrogens with two attached hydrogens (primary N) is 1. The number of esters is 1. The number of primary amides is 1. The number of nitrogens with one attached hydrogen (secondary N) is 1. The molecular weight excluding hydrogens is 925 g/mol. The van der Waals surface area contributed by atoms with Crippen molar-refractivity contribution in [2.45, 2.75) is 229 Å². The molecule has 2 fully saturated rings. The molecule has 0 spiro atoms. The van der Waals surface area contributed by atoms with Crippen LogP contribution in [0, 0.1) is 29.6 Å². The molecule has 3 rings (SSSR count). The molecule has 0 aliphatic carbocycles. The molecule has 2 aliphatic rings. The smallest absolute Gasteiger partial charge is 0.311 e. The standard InChI is InChI=1S/C50H88N4O10S.2C2H6.CH4O/c1-13-41-50(12,59)47(57)37(9)54(25-18-24-53(26-22-42(51)56)49(65)52-23-21-40-19-16-15-17-20-40)30-32(4)27-33(5)45(64-44-29-31(3)28-34(6)60-44)35(7)46(36(8)48(58)62-41)63-43(14-2)61-39(11)38(10)55;3*1-2/h15-17,19-20,31-39,41,43-47,55,57,59H,13-14,18,21-30H2,1-12H3,(H2,51,56)(H,52,65);2*1-2H3;2H,1H3/t31?,32-,33+,34?,35-,36?,37?,38-,39?,41-,43+,44?,45+,46+,47?,50-;;;/m1.../s1. The zero-order chi connectivity index (χ0) is 54.6. The monoisotopic (exact) mass is 1030 g/mol. The van der Waals surface area contributed by atoms with Crippen LogP contribution >= 0.6 is 12.2 Å². The summed E-state index contributed by atoms with van der Waals surface area (Å²) in [4.78, 5) is 30.5. The molecule has 7 unspecified atom stereocenters. The lowest BCUT2D eigenvalue weighted by Crippen LogP contribution is -2.59. The van der Waals surface area contributed by atoms with Gasteiger partial charge in [0.25, 0.3) is 0 Å². The lowest BCUT2D eigenvalue weighted by molar-refractivity contribution is -0.262. The Morgan fingerprint density at radius 1 is 0.972 bits per heavy atom. The van der Waals surface area contributed by atoms with Gasteiger partial charge in [0.05, 0.1) is 36.4 Å². The number of ether oxygens (including phenoxy) is 5. The number of amides is 1. The van der Waals surface area contributed by atoms with Gasteiger partial charge in [0, 0.05) is 64.6 Å². The van der Waals surface area contributed by atoms with E-state index in [1.54, 1.807) is 20.8 Å². The van der Waals surface area contributed by atoms with E-state index in [0.717, 1.165) is 32.8 Å². The second kappa shape index (κ2) is 36.4. The molecule has 0 saturated carbocycles. The van der Waals surface area contributed by atoms with Crippen molar-refractivity contribution in [2.75, 3.05) is 39.8 Å². The molecule has 2 saturated heterocycles. The van der Waals surface area contributed by atoms with E-state index in [9.17, 15) is 24.9 Å². The Hall–Kier alpha value is -2.51. The van der Waals surface area contributed by atoms with E-state index in [4.69, 9.17) is 46.7 Å². The van der Waals surface area contributed by atoms with Crippen LogP contribution in [0.2, 0.25) is 0 Å². The van der Waals surface area contributed by atoms with Crippen molar-refractivity contribution in [1.29, 1.82) is 0 Å². The number of aliphatic hydroxyl groups is 4. The molecule has 2 aliphatic heterocycles. The van der Waals surface area contributed by atoms with Crippen molar-refractivity contribution in [3.8, 4) is 0 Å². The highest BCUT2D eigenvalue weighted by Crippen LogP contribution is 2.37. The predicted molar refractivity (Wildman–Crippen MR) is 289 cm³/mol. The first-order valence-corrected chi connectivity index (χ1v) is 27.4. The van der Waals surface area contributed by atoms with Crippen molar-refractivity contribution in [3.63, 3.8) is 0 Å². The molecule has 2 heterocycles. The Morgan fingerprint density at radius 3 is 2.14 bits per heavy atom. The van der Waals surface area contributed by atoms with Gasteiger partial charge in [0.1, 0.15) is 17.8 Å². The lowest BCUT2D eigenvalue weighted by atomic mass is 9.80. The first kappa shape index (κ1) is 68.5. The van der Waals surface area contributed by atoms with Crippen molar-refractivity contribution in [1.82, 2.24) is 15.1 Å². The van der Waals surface area contributed by atoms with Gasteiger partial charge in [-0.3, -0.25) is 14.5 Å². The van der Waals surface area contributed by atoms with Gasteiger partial charge < -0.3 is 60.1 Å². The van der Waals surface area contributed by atoms with Crippen LogP contribution in [0.1, 0.15) is 161 Å². The molecule has 7 N–H and O–H groups in total. The number of carbonyl (C=O) groups is 2. The quantitative estimate of drug-likeness (QED) is 0.0443. The summed E-state index contributed by atoms with van der Waals surface area (Å²) in [6, 6.07) is 9.61. The number of thiocarbonyl (C=S) groups is 1. The third-order valence-electron chi connectivity index (χ3n) is 13.7. The van der Waals surface area contributed by atoms with Gasteiger partial charge in [-0.15, -0.1) is 0 Å². The van der Waals surface area contributed by atoms with Crippen LogP contribution in [0.25, 0.3) is 0 Å². The fraction of sp³-hybridized carbons (Fsp3) is 0.836. The van der Waals surface area contributed by atoms with Gasteiger partial charge in [-0.25, -0.2) is 0 Å². The summed E-state index contributed by atoms with van der Waals surface area (Å²) in [7, 11) is 1.00. The number of carbonyl (C=O) groups excluding carboxylic acids is 2. The summed E-state index contributed by atoms with van der Waals surface area (Å²) in [5.41, 5.74) is 4.96. The zero-order valence-corrected chi connectivity index (χ0v) is 48.1. The molecule has 0 aromatic heterocycles. The highest BCUT2D eigenvalue weighted by Gasteiger charge is 2.47. The number of rotatable bonds is 19. The van der Waals surface area contributed by atoms with Gasteiger partial charge in [-0.2, -0.15) is 0 Å². The molecule has 1 amide bonds. The van der Waals surface area contributed by atoms with Gasteiger partial charge >= 0.3 is 5.97 Å². The fourth-order valence-corrected chi connectivity index (χ4v) is 10.00. The SMILES string of the molecule is CC.CC.CC[C@@H](OC(C)[C@@H](C)O)O[C@@H]1C(C)C(=O)O[C@H](CC)[C@@](C)(O)C(O)C(C)N(CCCN(CCC(N)=O)C(=S)NCCc2ccccc2)C[C@H](C)C[C@H](C)[C@H](OC2CC(C)CC(C)O2)[C@H]1C.CO. The number of hydrogen-bond acceptors (Lipinski definition) is 13. The minimum atomic E-state index is -1.82. The van der Waals surface area contributed by atoms with Gasteiger partial charge in [0.2, 0.25) is 5.91 Å². The van der Waals surface area contributed by atoms with Crippen molar-refractivity contribution in [2.24, 2.45) is 35.3 Å². The molecule has 16 heteroatoms. The Labute approximate surface area is 436 Å². The molecule has 71 heavy (non-hydrogen) atoms. The van der Waals surface area contributed by atoms with Crippen molar-refractivity contribution in [3.05, 3.63) is 35.9 Å². The van der Waals surface area contributed by atoms with E-state index in [2.05, 4.69) is 57.0 Å². The highest BCUT2D eigenvalue weighted by atomic mass is 32.1. The highest BCUT2D eigenvalue weighted by molar-refractivity contribution is 7.80. The van der Waals surface area contributed by atoms with Crippen molar-refractivity contribution >= 4 is 29.2 Å². The first-order valence-electron chi connectivity index (χ1n) is 27.0. The molecule has 0 radical (unpaired) electrons. The van der Waals surface area contributed by atoms with Crippen LogP contribution in [-0.2, 0) is 39.7 Å². The number of cyclic esters (lactones) is 1. The minimum absolute atomic E-state index is 0.0303. The van der Waals surface area contributed by atoms with E-state index in [1.165, 1.54) is 12.5 Å². The van der Waals surface area contributed by atoms with Gasteiger partial charge in [-0.05, 0) is 116 Å². The summed E-state index contributed by atoms with van der Waals surface area (Å²) < 4.78 is 32.7. The average molecular weight is 1030 g/mol. The number of benzene rings is 1. The molecule has 1 aromatic rings. The first-order chi connectivity index (χ1) is 33.6. The third kappa shape index (κ3) is 23.7. The lowest BCUT2D eigenvalue weighted by Gasteiger charge is -2.43. The molecule has 16 atom stereocenters. The number of hydrogen-bond donors (Lipinski definition) is 6. The van der Waals surface area contributed by atoms with Crippen LogP contribution in [0.3, 0.4) is 0 Å². The van der Waals surface area contributed by atoms with E-state index < -0.39 is 78.6 Å². The molecule has 1 aromatic carbocycles. The molecular formula is C55H104N4O11S. The van der Waals surface area contributed by atoms with Crippen LogP contribution in [0.4, 0.5) is 0 Å². The molecule has 15 nitrogen and oxygen atoms in total. The normalized spacial score (nSPS) is 31.1. The van der Waals surface area contributed by atoms with Crippen LogP contribution in [0.15, 0.2) is 30.3 Å². The van der Waals surface area contributed by atoms with Gasteiger partial charge in [0.15, 0.2) is 17.7 Å². The minimum Gasteiger partial charge on any atom is -0.459 e. The van der Waals surface area contributed by atoms with Crippen LogP contribution < -0.4 is 11.1 Å². The maximum Gasteiger partial charge on any atom is 0.311 e. The third-order valence-corrected chi connectivity index (χ3v) is 14.1. The average Bonchev–Trinajstić information content (AvgIpc) is 3.34. The Bertz CT molecular complexity index is 1550. The molecule has 0 bridgehead atoms. The van der Waals surface area contributed by atoms with Crippen LogP contribution in [-0.4, -0.2) is 154 Å². The van der Waals surface area contributed by atoms with Crippen LogP contribution in [0.5, 0.6) is 0 Å². The number of aliphatic hydroxyl groups excluding tert-OH is 3. The maximum absolute atomic E-state index is 14.4. The molecule has 416 valence electrons. The topological polar surface area (TPSA) is 206 Å². The Morgan fingerprint density at radius 2 is 1.59 bits per heavy atom. The summed E-state index contributed by atoms with van der Waals surface area (Å²) in [6.45, 7) is 33.8. The maximum atomic E-state index is 14.4. The van der Waals surface area contributed by atoms with Crippen molar-refractivity contribution < 1.29 is 53.7 Å². The summed E-state index contributed by atoms with van der Waals surface area (Å²) in [6.07, 6.45) is -1.21. The van der Waals surface area contributed by atoms with E-state index in [1.807, 2.05) is 71.6 Å². The van der Waals surface area contributed by atoms with E-state index in [0.29, 0.717) is 56.6 Å². The summed E-state index contributed by atoms with van der Waals surface area (Å²) in [5, 5.41) is 45.6. The second-order valence-electron chi connectivity index (χ2n) is 19.8. The summed E-state index contributed by atoms with van der Waals surface area (Å²) >= 11 is 5.84. The number of nitrogens with zero attached hydrogens (tertiary/aromatic N) is 2. The Kier molecular flexibility index (Phi) is 35.1. The largest absolute Gasteiger partial charge is 0.459 e. The van der Waals surface area contributed by atoms with E-state index in [-0.39, 0.29) is 36.7 Å². The van der Waals surface area contributed by atoms with E-state index >= 15 is 0 Å².